The molecule has 0 radical (unpaired) electrons. The molecule has 14 rings (SSSR count). The third-order valence-corrected chi connectivity index (χ3v) is 14.3. The lowest BCUT2D eigenvalue weighted by Gasteiger charge is -2.29. The lowest BCUT2D eigenvalue weighted by atomic mass is 9.95. The summed E-state index contributed by atoms with van der Waals surface area (Å²) in [6.45, 7) is 0. The van der Waals surface area contributed by atoms with Gasteiger partial charge in [0.15, 0.2) is 5.58 Å². The summed E-state index contributed by atoms with van der Waals surface area (Å²) in [4.78, 5) is 2.42. The molecule has 0 saturated heterocycles. The highest BCUT2D eigenvalue weighted by molar-refractivity contribution is 6.24. The van der Waals surface area contributed by atoms with Crippen LogP contribution < -0.4 is 4.90 Å². The quantitative estimate of drug-likeness (QED) is 0.159. The second-order valence-corrected chi connectivity index (χ2v) is 18.5. The zero-order valence-corrected chi connectivity index (χ0v) is 38.2. The fraction of sp³-hybridized carbons (Fsp3) is 0. The molecule has 0 fully saturated rings. The summed E-state index contributed by atoms with van der Waals surface area (Å²) in [6, 6.07) is 95.1. The Bertz CT molecular complexity index is 4350. The zero-order valence-electron chi connectivity index (χ0n) is 38.2. The molecule has 1 heterocycles. The fourth-order valence-corrected chi connectivity index (χ4v) is 10.8. The van der Waals surface area contributed by atoms with Gasteiger partial charge in [-0.1, -0.05) is 200 Å². The normalized spacial score (nSPS) is 11.7. The maximum absolute atomic E-state index is 7.34. The first kappa shape index (κ1) is 39.9. The topological polar surface area (TPSA) is 16.4 Å². The standard InChI is InChI=1S/C68H43NO/c1-2-15-47(16-3-1)63-42-57-21-10-11-22-60(57)66-61-23-12-24-64(67(61)70-68(63)66)69(65-43-51-20-9-8-19-50(51)41-62(65)58-32-26-45-14-5-7-18-49(45)40-58)59-35-33-46(34-36-59)52-28-29-55-39-56(31-30-54(55)38-52)53-27-25-44-13-4-6-17-48(44)37-53/h1-43H. The molecular weight excluding hydrogens is 847 g/mol. The van der Waals surface area contributed by atoms with E-state index in [0.717, 1.165) is 72.2 Å². The number of anilines is 3. The Morgan fingerprint density at radius 1 is 0.243 bits per heavy atom. The van der Waals surface area contributed by atoms with E-state index in [1.54, 1.807) is 0 Å². The maximum Gasteiger partial charge on any atom is 0.159 e. The molecule has 0 unspecified atom stereocenters. The highest BCUT2D eigenvalue weighted by Gasteiger charge is 2.25. The van der Waals surface area contributed by atoms with Crippen molar-refractivity contribution < 1.29 is 4.42 Å². The Hall–Kier alpha value is -9.24. The summed E-state index contributed by atoms with van der Waals surface area (Å²) < 4.78 is 7.34. The fourth-order valence-electron chi connectivity index (χ4n) is 10.8. The van der Waals surface area contributed by atoms with Crippen molar-refractivity contribution in [3.05, 3.63) is 261 Å². The second kappa shape index (κ2) is 16.2. The Morgan fingerprint density at radius 3 is 1.36 bits per heavy atom. The van der Waals surface area contributed by atoms with Crippen LogP contribution in [0.15, 0.2) is 265 Å². The monoisotopic (exact) mass is 889 g/mol. The van der Waals surface area contributed by atoms with E-state index in [4.69, 9.17) is 4.42 Å². The molecule has 0 bridgehead atoms. The number of hydrogen-bond donors (Lipinski definition) is 0. The predicted molar refractivity (Wildman–Crippen MR) is 298 cm³/mol. The largest absolute Gasteiger partial charge is 0.453 e. The molecular formula is C68H43NO. The van der Waals surface area contributed by atoms with Crippen LogP contribution in [0.25, 0.3) is 120 Å². The van der Waals surface area contributed by atoms with Crippen molar-refractivity contribution in [2.45, 2.75) is 0 Å². The summed E-state index contributed by atoms with van der Waals surface area (Å²) >= 11 is 0. The second-order valence-electron chi connectivity index (χ2n) is 18.5. The molecule has 0 saturated carbocycles. The van der Waals surface area contributed by atoms with E-state index < -0.39 is 0 Å². The first-order valence-corrected chi connectivity index (χ1v) is 24.0. The van der Waals surface area contributed by atoms with Crippen molar-refractivity contribution in [1.82, 2.24) is 0 Å². The lowest BCUT2D eigenvalue weighted by Crippen LogP contribution is -2.11. The van der Waals surface area contributed by atoms with Crippen LogP contribution in [0.2, 0.25) is 0 Å². The average Bonchev–Trinajstić information content (AvgIpc) is 3.83. The minimum Gasteiger partial charge on any atom is -0.453 e. The number of benzene rings is 13. The molecule has 70 heavy (non-hydrogen) atoms. The Morgan fingerprint density at radius 2 is 0.700 bits per heavy atom. The van der Waals surface area contributed by atoms with E-state index in [0.29, 0.717) is 0 Å². The van der Waals surface area contributed by atoms with Crippen molar-refractivity contribution in [2.75, 3.05) is 4.90 Å². The van der Waals surface area contributed by atoms with Crippen LogP contribution in [0.3, 0.4) is 0 Å². The molecule has 326 valence electrons. The van der Waals surface area contributed by atoms with Crippen LogP contribution in [0.1, 0.15) is 0 Å². The first-order valence-electron chi connectivity index (χ1n) is 24.0. The van der Waals surface area contributed by atoms with Crippen LogP contribution in [-0.4, -0.2) is 0 Å². The molecule has 2 nitrogen and oxygen atoms in total. The Labute approximate surface area is 405 Å². The number of rotatable bonds is 7. The summed E-state index contributed by atoms with van der Waals surface area (Å²) in [6.07, 6.45) is 0. The minimum absolute atomic E-state index is 0.838. The number of para-hydroxylation sites is 1. The highest BCUT2D eigenvalue weighted by Crippen LogP contribution is 2.49. The molecule has 0 atom stereocenters. The third kappa shape index (κ3) is 6.72. The molecule has 0 amide bonds. The SMILES string of the molecule is c1ccc(-c2cc3ccccc3c3c2oc2c(N(c4ccc(-c5ccc6cc(-c7ccc8ccccc8c7)ccc6c5)cc4)c4cc5ccccc5cc4-c4ccc5ccccc5c4)cccc23)cc1. The number of hydrogen-bond acceptors (Lipinski definition) is 2. The molecule has 0 aliphatic rings. The van der Waals surface area contributed by atoms with Gasteiger partial charge in [-0.2, -0.15) is 0 Å². The summed E-state index contributed by atoms with van der Waals surface area (Å²) in [5, 5.41) is 14.3. The van der Waals surface area contributed by atoms with Gasteiger partial charge in [0.05, 0.1) is 11.4 Å². The molecule has 0 aliphatic carbocycles. The van der Waals surface area contributed by atoms with Crippen molar-refractivity contribution in [1.29, 1.82) is 0 Å². The smallest absolute Gasteiger partial charge is 0.159 e. The summed E-state index contributed by atoms with van der Waals surface area (Å²) in [7, 11) is 0. The molecule has 14 aromatic rings. The van der Waals surface area contributed by atoms with E-state index in [1.807, 2.05) is 0 Å². The molecule has 0 spiro atoms. The Balaban J connectivity index is 0.958. The third-order valence-electron chi connectivity index (χ3n) is 14.3. The highest BCUT2D eigenvalue weighted by atomic mass is 16.3. The van der Waals surface area contributed by atoms with Crippen molar-refractivity contribution in [3.63, 3.8) is 0 Å². The van der Waals surface area contributed by atoms with Gasteiger partial charge in [-0.05, 0) is 148 Å². The van der Waals surface area contributed by atoms with Crippen LogP contribution >= 0.6 is 0 Å². The molecule has 0 aliphatic heterocycles. The zero-order chi connectivity index (χ0) is 46.1. The van der Waals surface area contributed by atoms with Crippen molar-refractivity contribution in [3.8, 4) is 44.5 Å². The van der Waals surface area contributed by atoms with E-state index in [2.05, 4.69) is 266 Å². The molecule has 2 heteroatoms. The van der Waals surface area contributed by atoms with Gasteiger partial charge < -0.3 is 9.32 Å². The van der Waals surface area contributed by atoms with Gasteiger partial charge in [0.25, 0.3) is 0 Å². The Kier molecular flexibility index (Phi) is 9.25. The van der Waals surface area contributed by atoms with Crippen molar-refractivity contribution >= 4 is 92.9 Å². The van der Waals surface area contributed by atoms with E-state index in [-0.39, 0.29) is 0 Å². The van der Waals surface area contributed by atoms with E-state index in [1.165, 1.54) is 65.2 Å². The lowest BCUT2D eigenvalue weighted by molar-refractivity contribution is 0.670. The van der Waals surface area contributed by atoms with Crippen molar-refractivity contribution in [2.24, 2.45) is 0 Å². The van der Waals surface area contributed by atoms with Gasteiger partial charge in [-0.3, -0.25) is 0 Å². The number of fused-ring (bicyclic) bond motifs is 9. The number of furan rings is 1. The van der Waals surface area contributed by atoms with Gasteiger partial charge >= 0.3 is 0 Å². The number of nitrogens with zero attached hydrogens (tertiary/aromatic N) is 1. The van der Waals surface area contributed by atoms with Crippen LogP contribution in [0.5, 0.6) is 0 Å². The van der Waals surface area contributed by atoms with Crippen LogP contribution in [-0.2, 0) is 0 Å². The van der Waals surface area contributed by atoms with E-state index in [9.17, 15) is 0 Å². The van der Waals surface area contributed by atoms with Gasteiger partial charge in [-0.25, -0.2) is 0 Å². The average molecular weight is 890 g/mol. The van der Waals surface area contributed by atoms with Crippen LogP contribution in [0.4, 0.5) is 17.1 Å². The predicted octanol–water partition coefficient (Wildman–Crippen LogP) is 19.5. The maximum atomic E-state index is 7.34. The minimum atomic E-state index is 0.838. The molecule has 0 N–H and O–H groups in total. The van der Waals surface area contributed by atoms with Gasteiger partial charge in [0.1, 0.15) is 5.58 Å². The van der Waals surface area contributed by atoms with Crippen LogP contribution in [0, 0.1) is 0 Å². The van der Waals surface area contributed by atoms with Gasteiger partial charge in [0.2, 0.25) is 0 Å². The van der Waals surface area contributed by atoms with E-state index >= 15 is 0 Å². The van der Waals surface area contributed by atoms with Gasteiger partial charge in [-0.15, -0.1) is 0 Å². The van der Waals surface area contributed by atoms with Gasteiger partial charge in [0, 0.05) is 27.6 Å². The first-order chi connectivity index (χ1) is 34.7. The molecule has 1 aromatic heterocycles. The summed E-state index contributed by atoms with van der Waals surface area (Å²) in [5.41, 5.74) is 14.0. The molecule has 13 aromatic carbocycles. The summed E-state index contributed by atoms with van der Waals surface area (Å²) in [5.74, 6) is 0.